The van der Waals surface area contributed by atoms with Crippen molar-refractivity contribution in [3.63, 3.8) is 0 Å². The van der Waals surface area contributed by atoms with E-state index in [1.54, 1.807) is 28.4 Å². The smallest absolute Gasteiger partial charge is 0.0606 e. The van der Waals surface area contributed by atoms with Gasteiger partial charge in [0.15, 0.2) is 0 Å². The number of hydrogen-bond donors (Lipinski definition) is 0. The van der Waals surface area contributed by atoms with Crippen LogP contribution in [0.5, 0.6) is 23.5 Å². The number of halogens is 2. The third kappa shape index (κ3) is 12.6. The summed E-state index contributed by atoms with van der Waals surface area (Å²) in [7, 11) is 13.0. The van der Waals surface area contributed by atoms with Crippen molar-refractivity contribution < 1.29 is 34.1 Å². The first kappa shape index (κ1) is 49.2. The fourth-order valence-electron chi connectivity index (χ4n) is 7.46. The molecule has 2 N–H and O–H groups in total. The quantitative estimate of drug-likeness (QED) is 0.0792. The Morgan fingerprint density at radius 3 is 0.892 bits per heavy atom. The van der Waals surface area contributed by atoms with Gasteiger partial charge >= 0.3 is 34.5 Å². The summed E-state index contributed by atoms with van der Waals surface area (Å²) < 4.78 is 23.8. The van der Waals surface area contributed by atoms with Crippen LogP contribution in [-0.4, -0.2) is 38.4 Å². The third-order valence-electron chi connectivity index (χ3n) is 10.4. The van der Waals surface area contributed by atoms with Crippen LogP contribution in [0.2, 0.25) is 0 Å². The number of nitrogens with one attached hydrogen (secondary N) is 2. The van der Waals surface area contributed by atoms with Gasteiger partial charge in [-0.1, -0.05) is 145 Å². The van der Waals surface area contributed by atoms with Crippen molar-refractivity contribution in [1.29, 1.82) is 0 Å². The number of rotatable bonds is 14. The zero-order valence-corrected chi connectivity index (χ0v) is 41.5. The average molecular weight is 1030 g/mol. The van der Waals surface area contributed by atoms with Gasteiger partial charge in [-0.15, -0.1) is 12.1 Å². The Balaban J connectivity index is 0.000000306. The Morgan fingerprint density at radius 1 is 0.415 bits per heavy atom. The normalized spacial score (nSPS) is 11.6. The summed E-state index contributed by atoms with van der Waals surface area (Å²) in [6.45, 7) is 0. The molecule has 0 radical (unpaired) electrons. The van der Waals surface area contributed by atoms with Gasteiger partial charge in [-0.05, 0) is 48.5 Å². The van der Waals surface area contributed by atoms with E-state index < -0.39 is 27.9 Å². The molecule has 13 heteroatoms. The Hall–Kier alpha value is -5.20. The SMILES string of the molecule is COc1cc([PH+](c2ccccc2)c2ccccc2)c(-c2c([PH+](c3ccccc3)c3ccccc3)cc(OC)nc2OC)c(OC)n1.[Cl][Ru+2][Cl].[NH-][C@H](c1ccccc1)[C@H]([NH-])c1ccccc1. The topological polar surface area (TPSA) is 110 Å². The van der Waals surface area contributed by atoms with E-state index in [1.807, 2.05) is 84.9 Å². The first-order valence-electron chi connectivity index (χ1n) is 20.5. The maximum Gasteiger partial charge on any atom is -0.0606 e. The van der Waals surface area contributed by atoms with Crippen LogP contribution in [0.15, 0.2) is 194 Å². The van der Waals surface area contributed by atoms with Crippen molar-refractivity contribution >= 4 is 67.1 Å². The van der Waals surface area contributed by atoms with Crippen LogP contribution in [0, 0.1) is 0 Å². The van der Waals surface area contributed by atoms with Gasteiger partial charge in [-0.3, -0.25) is 0 Å². The predicted molar refractivity (Wildman–Crippen MR) is 273 cm³/mol. The molecule has 0 spiro atoms. The molecule has 2 atom stereocenters. The molecular weight excluding hydrogens is 979 g/mol. The molecule has 65 heavy (non-hydrogen) atoms. The molecule has 8 aromatic rings. The van der Waals surface area contributed by atoms with Crippen LogP contribution in [0.25, 0.3) is 22.6 Å². The molecule has 8 rings (SSSR count). The minimum absolute atomic E-state index is 0.346. The van der Waals surface area contributed by atoms with Crippen LogP contribution in [0.4, 0.5) is 0 Å². The van der Waals surface area contributed by atoms with E-state index in [-0.39, 0.29) is 15.1 Å². The summed E-state index contributed by atoms with van der Waals surface area (Å²) in [5, 5.41) is 6.98. The van der Waals surface area contributed by atoms with Crippen LogP contribution in [0.1, 0.15) is 23.2 Å². The number of hydrogen-bond acceptors (Lipinski definition) is 6. The first-order chi connectivity index (χ1) is 31.9. The molecule has 0 aliphatic carbocycles. The zero-order chi connectivity index (χ0) is 46.0. The van der Waals surface area contributed by atoms with Crippen LogP contribution in [-0.2, 0) is 15.1 Å². The monoisotopic (exact) mass is 1030 g/mol. The first-order valence-corrected chi connectivity index (χ1v) is 27.9. The third-order valence-corrected chi connectivity index (χ3v) is 15.9. The molecular formula is C52H50Cl2N4O4P2Ru+2. The number of methoxy groups -OCH3 is 4. The van der Waals surface area contributed by atoms with Gasteiger partial charge in [-0.25, -0.2) is 0 Å². The molecule has 332 valence electrons. The number of benzene rings is 6. The van der Waals surface area contributed by atoms with Crippen molar-refractivity contribution in [1.82, 2.24) is 9.97 Å². The second kappa shape index (κ2) is 25.5. The summed E-state index contributed by atoms with van der Waals surface area (Å²) in [5.74, 6) is 1.84. The van der Waals surface area contributed by atoms with E-state index >= 15 is 0 Å². The Kier molecular flexibility index (Phi) is 19.3. The van der Waals surface area contributed by atoms with Crippen molar-refractivity contribution in [2.75, 3.05) is 28.4 Å². The molecule has 8 nitrogen and oxygen atoms in total. The van der Waals surface area contributed by atoms with E-state index in [0.717, 1.165) is 32.9 Å². The van der Waals surface area contributed by atoms with Crippen molar-refractivity contribution in [2.45, 2.75) is 12.1 Å². The Bertz CT molecular complexity index is 2390. The van der Waals surface area contributed by atoms with Gasteiger partial charge in [0.25, 0.3) is 0 Å². The molecule has 6 aromatic carbocycles. The van der Waals surface area contributed by atoms with Gasteiger partial charge in [-0.2, -0.15) is 9.97 Å². The van der Waals surface area contributed by atoms with Crippen molar-refractivity contribution in [3.8, 4) is 34.6 Å². The number of ether oxygens (including phenoxy) is 4. The maximum absolute atomic E-state index is 8.07. The number of nitrogens with zero attached hydrogens (tertiary/aromatic N) is 2. The minimum Gasteiger partial charge on any atom is -0.672 e. The maximum atomic E-state index is 8.07. The van der Waals surface area contributed by atoms with Crippen molar-refractivity contribution in [2.24, 2.45) is 0 Å². The molecule has 0 saturated heterocycles. The van der Waals surface area contributed by atoms with E-state index in [2.05, 4.69) is 109 Å². The van der Waals surface area contributed by atoms with Gasteiger partial charge < -0.3 is 30.4 Å². The molecule has 0 fully saturated rings. The number of aromatic nitrogens is 2. The van der Waals surface area contributed by atoms with E-state index in [1.165, 1.54) is 21.2 Å². The van der Waals surface area contributed by atoms with Crippen LogP contribution in [0.3, 0.4) is 0 Å². The molecule has 0 amide bonds. The fraction of sp³-hybridized carbons (Fsp3) is 0.115. The molecule has 0 aliphatic heterocycles. The Morgan fingerprint density at radius 2 is 0.662 bits per heavy atom. The van der Waals surface area contributed by atoms with Gasteiger partial charge in [0, 0.05) is 12.1 Å². The van der Waals surface area contributed by atoms with Crippen molar-refractivity contribution in [3.05, 3.63) is 217 Å². The molecule has 0 unspecified atom stereocenters. The van der Waals surface area contributed by atoms with E-state index in [0.29, 0.717) is 23.5 Å². The van der Waals surface area contributed by atoms with Crippen LogP contribution >= 0.6 is 35.2 Å². The summed E-state index contributed by atoms with van der Waals surface area (Å²) in [4.78, 5) is 9.70. The summed E-state index contributed by atoms with van der Waals surface area (Å²) in [6, 6.07) is 64.6. The average Bonchev–Trinajstić information content (AvgIpc) is 3.38. The van der Waals surface area contributed by atoms with Gasteiger partial charge in [0.05, 0.1) is 55.4 Å². The predicted octanol–water partition coefficient (Wildman–Crippen LogP) is 11.1. The summed E-state index contributed by atoms with van der Waals surface area (Å²) in [5.41, 5.74) is 19.6. The molecule has 2 aromatic heterocycles. The summed E-state index contributed by atoms with van der Waals surface area (Å²) in [6.07, 6.45) is 0. The fourth-order valence-corrected chi connectivity index (χ4v) is 13.0. The molecule has 2 heterocycles. The Labute approximate surface area is 400 Å². The van der Waals surface area contributed by atoms with Gasteiger partial charge in [0.1, 0.15) is 31.8 Å². The molecule has 0 bridgehead atoms. The number of pyridine rings is 2. The molecule has 0 aliphatic rings. The minimum atomic E-state index is -1.63. The largest absolute Gasteiger partial charge is 0.672 e. The van der Waals surface area contributed by atoms with Gasteiger partial charge in [0.2, 0.25) is 23.5 Å². The second-order valence-corrected chi connectivity index (χ2v) is 21.8. The van der Waals surface area contributed by atoms with Crippen LogP contribution < -0.4 is 50.8 Å². The van der Waals surface area contributed by atoms with E-state index in [9.17, 15) is 0 Å². The molecule has 0 saturated carbocycles. The zero-order valence-electron chi connectivity index (χ0n) is 36.3. The standard InChI is InChI=1S/C38H34N2O4P2.C14H14N2.2ClH.Ru/c1-41-33-25-31(45(27-17-9-5-10-18-27)28-19-11-6-12-20-28)35(37(39-33)43-3)36-32(26-34(42-2)40-38(36)44-4)46(29-21-13-7-14-22-29)30-23-15-8-16-24-30;15-13(11-7-3-1-4-8-11)14(16)12-9-5-2-6-10-12;;;/h5-26H,1-4H3;1-10,13-16H;2*1H;/q;-2;;;+4/t;13-,14-;;;/m.1.../s1. The second-order valence-electron chi connectivity index (χ2n) is 14.2. The summed E-state index contributed by atoms with van der Waals surface area (Å²) >= 11 is -0.346. The van der Waals surface area contributed by atoms with E-state index in [4.69, 9.17) is 59.8 Å².